The largest absolute Gasteiger partial charge is 0.465 e. The average molecular weight is 283 g/mol. The van der Waals surface area contributed by atoms with E-state index in [1.165, 1.54) is 24.6 Å². The number of nitrogens with zero attached hydrogens (tertiary/aromatic N) is 3. The van der Waals surface area contributed by atoms with Crippen molar-refractivity contribution in [1.29, 1.82) is 0 Å². The van der Waals surface area contributed by atoms with E-state index in [1.807, 2.05) is 13.8 Å². The highest BCUT2D eigenvalue weighted by Crippen LogP contribution is 2.27. The molecule has 6 heteroatoms. The van der Waals surface area contributed by atoms with Crippen molar-refractivity contribution in [3.05, 3.63) is 5.82 Å². The Bertz CT molecular complexity index is 434. The molecule has 1 aliphatic heterocycles. The van der Waals surface area contributed by atoms with Crippen molar-refractivity contribution in [3.8, 4) is 0 Å². The second-order valence-electron chi connectivity index (χ2n) is 4.63. The Kier molecular flexibility index (Phi) is 5.24. The van der Waals surface area contributed by atoms with Crippen LogP contribution in [0.4, 0.5) is 0 Å². The minimum atomic E-state index is -0.184. The zero-order chi connectivity index (χ0) is 13.7. The zero-order valence-corrected chi connectivity index (χ0v) is 12.4. The Labute approximate surface area is 118 Å². The summed E-state index contributed by atoms with van der Waals surface area (Å²) in [6.07, 6.45) is 5.31. The van der Waals surface area contributed by atoms with Gasteiger partial charge in [0.1, 0.15) is 11.1 Å². The number of ether oxygens (including phenoxy) is 1. The monoisotopic (exact) mass is 283 g/mol. The molecule has 19 heavy (non-hydrogen) atoms. The molecular weight excluding hydrogens is 262 g/mol. The minimum absolute atomic E-state index is 0.152. The van der Waals surface area contributed by atoms with Crippen LogP contribution in [0.1, 0.15) is 45.4 Å². The lowest BCUT2D eigenvalue weighted by Crippen LogP contribution is -2.20. The van der Waals surface area contributed by atoms with Gasteiger partial charge in [-0.25, -0.2) is 0 Å². The highest BCUT2D eigenvalue weighted by atomic mass is 32.2. The average Bonchev–Trinajstić information content (AvgIpc) is 2.63. The van der Waals surface area contributed by atoms with Gasteiger partial charge in [-0.05, 0) is 26.2 Å². The Balaban J connectivity index is 2.09. The molecule has 0 fully saturated rings. The van der Waals surface area contributed by atoms with Gasteiger partial charge in [-0.1, -0.05) is 25.1 Å². The summed E-state index contributed by atoms with van der Waals surface area (Å²) in [5.74, 6) is 0.902. The molecule has 1 unspecified atom stereocenters. The summed E-state index contributed by atoms with van der Waals surface area (Å²) in [5, 5.41) is 9.16. The molecule has 0 N–H and O–H groups in total. The van der Waals surface area contributed by atoms with Crippen LogP contribution >= 0.6 is 11.8 Å². The molecule has 0 radical (unpaired) electrons. The number of hydrogen-bond acceptors (Lipinski definition) is 5. The molecule has 0 amide bonds. The van der Waals surface area contributed by atoms with Crippen LogP contribution in [-0.4, -0.2) is 32.6 Å². The SMILES string of the molecule is CCOC(=O)C(CC)Sc1nnc2n1CCCCC2. The summed E-state index contributed by atoms with van der Waals surface area (Å²) in [7, 11) is 0. The van der Waals surface area contributed by atoms with Crippen LogP contribution in [0.15, 0.2) is 5.16 Å². The fourth-order valence-electron chi connectivity index (χ4n) is 2.21. The number of hydrogen-bond donors (Lipinski definition) is 0. The Hall–Kier alpha value is -1.04. The molecule has 2 rings (SSSR count). The van der Waals surface area contributed by atoms with Gasteiger partial charge >= 0.3 is 5.97 Å². The molecule has 2 heterocycles. The first kappa shape index (κ1) is 14.4. The molecule has 0 saturated heterocycles. The van der Waals surface area contributed by atoms with E-state index in [9.17, 15) is 4.79 Å². The molecule has 1 aromatic rings. The van der Waals surface area contributed by atoms with Gasteiger partial charge in [-0.3, -0.25) is 4.79 Å². The summed E-state index contributed by atoms with van der Waals surface area (Å²) in [4.78, 5) is 11.8. The van der Waals surface area contributed by atoms with Crippen molar-refractivity contribution >= 4 is 17.7 Å². The third kappa shape index (κ3) is 3.49. The molecule has 0 aliphatic carbocycles. The second kappa shape index (κ2) is 6.93. The lowest BCUT2D eigenvalue weighted by Gasteiger charge is -2.13. The van der Waals surface area contributed by atoms with Crippen LogP contribution in [-0.2, 0) is 22.5 Å². The van der Waals surface area contributed by atoms with Gasteiger partial charge in [-0.2, -0.15) is 0 Å². The summed E-state index contributed by atoms with van der Waals surface area (Å²) >= 11 is 1.48. The Morgan fingerprint density at radius 3 is 2.95 bits per heavy atom. The number of aryl methyl sites for hydroxylation is 1. The van der Waals surface area contributed by atoms with Crippen molar-refractivity contribution in [3.63, 3.8) is 0 Å². The predicted octanol–water partition coefficient (Wildman–Crippen LogP) is 2.44. The zero-order valence-electron chi connectivity index (χ0n) is 11.6. The van der Waals surface area contributed by atoms with E-state index < -0.39 is 0 Å². The van der Waals surface area contributed by atoms with Gasteiger partial charge in [0.15, 0.2) is 5.16 Å². The van der Waals surface area contributed by atoms with E-state index in [-0.39, 0.29) is 11.2 Å². The summed E-state index contributed by atoms with van der Waals surface area (Å²) < 4.78 is 7.26. The lowest BCUT2D eigenvalue weighted by atomic mass is 10.2. The van der Waals surface area contributed by atoms with Crippen molar-refractivity contribution < 1.29 is 9.53 Å². The Morgan fingerprint density at radius 1 is 1.37 bits per heavy atom. The number of thioether (sulfide) groups is 1. The van der Waals surface area contributed by atoms with Gasteiger partial charge < -0.3 is 9.30 Å². The van der Waals surface area contributed by atoms with Crippen LogP contribution in [0.2, 0.25) is 0 Å². The number of carbonyl (C=O) groups is 1. The fourth-order valence-corrected chi connectivity index (χ4v) is 3.20. The van der Waals surface area contributed by atoms with Crippen LogP contribution in [0, 0.1) is 0 Å². The molecule has 0 aromatic carbocycles. The molecule has 1 atom stereocenters. The first-order chi connectivity index (χ1) is 9.26. The van der Waals surface area contributed by atoms with E-state index in [4.69, 9.17) is 4.74 Å². The van der Waals surface area contributed by atoms with Crippen molar-refractivity contribution in [2.24, 2.45) is 0 Å². The Morgan fingerprint density at radius 2 is 2.21 bits per heavy atom. The van der Waals surface area contributed by atoms with Gasteiger partial charge in [0, 0.05) is 13.0 Å². The topological polar surface area (TPSA) is 57.0 Å². The highest BCUT2D eigenvalue weighted by Gasteiger charge is 2.23. The van der Waals surface area contributed by atoms with E-state index in [0.29, 0.717) is 6.61 Å². The lowest BCUT2D eigenvalue weighted by molar-refractivity contribution is -0.142. The fraction of sp³-hybridized carbons (Fsp3) is 0.769. The maximum absolute atomic E-state index is 11.8. The molecule has 0 saturated carbocycles. The van der Waals surface area contributed by atoms with Gasteiger partial charge in [0.05, 0.1) is 6.61 Å². The van der Waals surface area contributed by atoms with Gasteiger partial charge in [-0.15, -0.1) is 10.2 Å². The van der Waals surface area contributed by atoms with Crippen LogP contribution in [0.3, 0.4) is 0 Å². The first-order valence-electron chi connectivity index (χ1n) is 7.01. The van der Waals surface area contributed by atoms with Crippen molar-refractivity contribution in [1.82, 2.24) is 14.8 Å². The number of aromatic nitrogens is 3. The van der Waals surface area contributed by atoms with E-state index in [0.717, 1.165) is 36.8 Å². The molecule has 106 valence electrons. The predicted molar refractivity (Wildman–Crippen MR) is 74.1 cm³/mol. The molecule has 1 aromatic heterocycles. The maximum atomic E-state index is 11.8. The summed E-state index contributed by atoms with van der Waals surface area (Å²) in [6, 6.07) is 0. The second-order valence-corrected chi connectivity index (χ2v) is 5.80. The van der Waals surface area contributed by atoms with Crippen molar-refractivity contribution in [2.75, 3.05) is 6.61 Å². The number of carbonyl (C=O) groups excluding carboxylic acids is 1. The van der Waals surface area contributed by atoms with Crippen LogP contribution in [0.5, 0.6) is 0 Å². The van der Waals surface area contributed by atoms with E-state index in [1.54, 1.807) is 0 Å². The van der Waals surface area contributed by atoms with E-state index >= 15 is 0 Å². The minimum Gasteiger partial charge on any atom is -0.465 e. The maximum Gasteiger partial charge on any atom is 0.319 e. The van der Waals surface area contributed by atoms with Crippen LogP contribution < -0.4 is 0 Å². The highest BCUT2D eigenvalue weighted by molar-refractivity contribution is 8.00. The molecule has 1 aliphatic rings. The van der Waals surface area contributed by atoms with Crippen molar-refractivity contribution in [2.45, 2.75) is 62.9 Å². The number of esters is 1. The molecular formula is C13H21N3O2S. The molecule has 5 nitrogen and oxygen atoms in total. The normalized spacial score (nSPS) is 16.5. The summed E-state index contributed by atoms with van der Waals surface area (Å²) in [6.45, 7) is 5.21. The third-order valence-electron chi connectivity index (χ3n) is 3.24. The van der Waals surface area contributed by atoms with Crippen LogP contribution in [0.25, 0.3) is 0 Å². The molecule has 0 spiro atoms. The van der Waals surface area contributed by atoms with E-state index in [2.05, 4.69) is 14.8 Å². The smallest absolute Gasteiger partial charge is 0.319 e. The standard InChI is InChI=1S/C13H21N3O2S/c1-3-10(12(17)18-4-2)19-13-15-14-11-8-6-5-7-9-16(11)13/h10H,3-9H2,1-2H3. The van der Waals surface area contributed by atoms with Gasteiger partial charge in [0.25, 0.3) is 0 Å². The summed E-state index contributed by atoms with van der Waals surface area (Å²) in [5.41, 5.74) is 0. The number of rotatable bonds is 5. The third-order valence-corrected chi connectivity index (χ3v) is 4.57. The number of fused-ring (bicyclic) bond motifs is 1. The first-order valence-corrected chi connectivity index (χ1v) is 7.89. The quantitative estimate of drug-likeness (QED) is 0.613. The van der Waals surface area contributed by atoms with Gasteiger partial charge in [0.2, 0.25) is 0 Å². The molecule has 0 bridgehead atoms.